The molecule has 7 heteroatoms. The maximum atomic E-state index is 13.6. The molecule has 2 aromatic carbocycles. The highest BCUT2D eigenvalue weighted by molar-refractivity contribution is 5.67. The molecule has 5 nitrogen and oxygen atoms in total. The molecule has 0 aromatic heterocycles. The summed E-state index contributed by atoms with van der Waals surface area (Å²) in [5, 5.41) is 8.52. The molecule has 0 spiro atoms. The minimum Gasteiger partial charge on any atom is -0.496 e. The van der Waals surface area contributed by atoms with E-state index in [9.17, 15) is 13.6 Å². The summed E-state index contributed by atoms with van der Waals surface area (Å²) in [6.45, 7) is -0.242. The number of rotatable bonds is 9. The number of hydrogen-bond donors (Lipinski definition) is 1. The average Bonchev–Trinajstić information content (AvgIpc) is 2.59. The molecule has 0 saturated carbocycles. The molecule has 0 fully saturated rings. The molecule has 25 heavy (non-hydrogen) atoms. The minimum atomic E-state index is -1.03. The van der Waals surface area contributed by atoms with E-state index in [-0.39, 0.29) is 25.4 Å². The lowest BCUT2D eigenvalue weighted by atomic mass is 10.1. The third-order valence-corrected chi connectivity index (χ3v) is 3.40. The van der Waals surface area contributed by atoms with Gasteiger partial charge in [0, 0.05) is 11.6 Å². The number of carboxylic acid groups (broad SMARTS) is 1. The van der Waals surface area contributed by atoms with Crippen molar-refractivity contribution in [2.24, 2.45) is 0 Å². The van der Waals surface area contributed by atoms with Crippen molar-refractivity contribution in [1.29, 1.82) is 0 Å². The topological polar surface area (TPSA) is 65.0 Å². The van der Waals surface area contributed by atoms with Gasteiger partial charge in [0.15, 0.2) is 0 Å². The van der Waals surface area contributed by atoms with Crippen LogP contribution in [0.5, 0.6) is 11.5 Å². The van der Waals surface area contributed by atoms with Gasteiger partial charge in [-0.25, -0.2) is 13.6 Å². The van der Waals surface area contributed by atoms with Crippen LogP contribution in [0.25, 0.3) is 0 Å². The molecule has 0 radical (unpaired) electrons. The third-order valence-electron chi connectivity index (χ3n) is 3.40. The molecule has 0 atom stereocenters. The zero-order valence-electron chi connectivity index (χ0n) is 13.6. The lowest BCUT2D eigenvalue weighted by Crippen LogP contribution is -2.09. The molecular formula is C18H18F2O5. The summed E-state index contributed by atoms with van der Waals surface area (Å²) in [5.74, 6) is -1.12. The maximum absolute atomic E-state index is 13.6. The zero-order chi connectivity index (χ0) is 18.2. The number of benzene rings is 2. The van der Waals surface area contributed by atoms with Crippen LogP contribution in [0.1, 0.15) is 11.1 Å². The summed E-state index contributed by atoms with van der Waals surface area (Å²) >= 11 is 0. The van der Waals surface area contributed by atoms with E-state index in [0.29, 0.717) is 17.9 Å². The van der Waals surface area contributed by atoms with Crippen molar-refractivity contribution in [3.05, 3.63) is 59.2 Å². The minimum absolute atomic E-state index is 0.116. The first-order valence-electron chi connectivity index (χ1n) is 7.52. The number of ether oxygens (including phenoxy) is 3. The van der Waals surface area contributed by atoms with Gasteiger partial charge >= 0.3 is 5.97 Å². The number of aliphatic carboxylic acids is 1. The van der Waals surface area contributed by atoms with Crippen molar-refractivity contribution in [3.63, 3.8) is 0 Å². The van der Waals surface area contributed by atoms with Gasteiger partial charge < -0.3 is 19.3 Å². The van der Waals surface area contributed by atoms with Crippen molar-refractivity contribution < 1.29 is 32.9 Å². The van der Waals surface area contributed by atoms with E-state index in [1.54, 1.807) is 18.2 Å². The molecule has 0 aliphatic carbocycles. The SMILES string of the molecule is COc1cc(OCc2cc(F)ccc2F)ccc1CCOCC(=O)O. The Labute approximate surface area is 143 Å². The van der Waals surface area contributed by atoms with E-state index >= 15 is 0 Å². The predicted molar refractivity (Wildman–Crippen MR) is 85.8 cm³/mol. The average molecular weight is 352 g/mol. The molecule has 134 valence electrons. The summed E-state index contributed by atoms with van der Waals surface area (Å²) in [6.07, 6.45) is 0.468. The van der Waals surface area contributed by atoms with Gasteiger partial charge in [0.05, 0.1) is 13.7 Å². The Morgan fingerprint density at radius 3 is 2.64 bits per heavy atom. The molecule has 0 unspecified atom stereocenters. The molecule has 1 N–H and O–H groups in total. The van der Waals surface area contributed by atoms with Crippen molar-refractivity contribution in [2.75, 3.05) is 20.3 Å². The Balaban J connectivity index is 1.98. The quantitative estimate of drug-likeness (QED) is 0.702. The standard InChI is InChI=1S/C18H18F2O5/c1-23-17-9-15(4-2-12(17)6-7-24-11-18(21)22)25-10-13-8-14(19)3-5-16(13)20/h2-5,8-9H,6-7,10-11H2,1H3,(H,21,22). The van der Waals surface area contributed by atoms with Crippen LogP contribution < -0.4 is 9.47 Å². The van der Waals surface area contributed by atoms with Gasteiger partial charge in [-0.05, 0) is 36.2 Å². The van der Waals surface area contributed by atoms with Crippen LogP contribution in [0.2, 0.25) is 0 Å². The predicted octanol–water partition coefficient (Wildman–Crippen LogP) is 3.20. The zero-order valence-corrected chi connectivity index (χ0v) is 13.6. The van der Waals surface area contributed by atoms with Gasteiger partial charge in [0.25, 0.3) is 0 Å². The molecule has 0 aliphatic heterocycles. The summed E-state index contributed by atoms with van der Waals surface area (Å²) in [4.78, 5) is 10.4. The van der Waals surface area contributed by atoms with Crippen LogP contribution >= 0.6 is 0 Å². The van der Waals surface area contributed by atoms with Crippen molar-refractivity contribution in [2.45, 2.75) is 13.0 Å². The van der Waals surface area contributed by atoms with Crippen LogP contribution in [-0.2, 0) is 22.6 Å². The van der Waals surface area contributed by atoms with Crippen molar-refractivity contribution >= 4 is 5.97 Å². The fourth-order valence-corrected chi connectivity index (χ4v) is 2.18. The summed E-state index contributed by atoms with van der Waals surface area (Å²) in [7, 11) is 1.49. The van der Waals surface area contributed by atoms with Crippen molar-refractivity contribution in [1.82, 2.24) is 0 Å². The lowest BCUT2D eigenvalue weighted by Gasteiger charge is -2.12. The van der Waals surface area contributed by atoms with E-state index in [1.807, 2.05) is 0 Å². The van der Waals surface area contributed by atoms with E-state index in [4.69, 9.17) is 19.3 Å². The fraction of sp³-hybridized carbons (Fsp3) is 0.278. The second-order valence-electron chi connectivity index (χ2n) is 5.19. The molecule has 0 saturated heterocycles. The van der Waals surface area contributed by atoms with Gasteiger partial charge in [-0.2, -0.15) is 0 Å². The molecule has 0 bridgehead atoms. The fourth-order valence-electron chi connectivity index (χ4n) is 2.18. The first-order valence-corrected chi connectivity index (χ1v) is 7.52. The smallest absolute Gasteiger partial charge is 0.329 e. The van der Waals surface area contributed by atoms with Gasteiger partial charge in [-0.1, -0.05) is 6.07 Å². The number of hydrogen-bond acceptors (Lipinski definition) is 4. The highest BCUT2D eigenvalue weighted by atomic mass is 19.1. The first kappa shape index (κ1) is 18.7. The van der Waals surface area contributed by atoms with Gasteiger partial charge in [0.1, 0.15) is 36.3 Å². The summed E-state index contributed by atoms with van der Waals surface area (Å²) in [5.41, 5.74) is 0.933. The van der Waals surface area contributed by atoms with E-state index in [2.05, 4.69) is 0 Å². The molecule has 0 amide bonds. The number of carboxylic acids is 1. The van der Waals surface area contributed by atoms with Crippen LogP contribution in [0.3, 0.4) is 0 Å². The monoisotopic (exact) mass is 352 g/mol. The molecule has 0 aliphatic rings. The van der Waals surface area contributed by atoms with E-state index < -0.39 is 17.6 Å². The van der Waals surface area contributed by atoms with Gasteiger partial charge in [-0.3, -0.25) is 0 Å². The third kappa shape index (κ3) is 5.72. The second-order valence-corrected chi connectivity index (χ2v) is 5.19. The second kappa shape index (κ2) is 8.98. The summed E-state index contributed by atoms with van der Waals surface area (Å²) < 4.78 is 42.5. The Hall–Kier alpha value is -2.67. The largest absolute Gasteiger partial charge is 0.496 e. The molecular weight excluding hydrogens is 334 g/mol. The van der Waals surface area contributed by atoms with Crippen molar-refractivity contribution in [3.8, 4) is 11.5 Å². The molecule has 0 heterocycles. The molecule has 2 rings (SSSR count). The Kier molecular flexibility index (Phi) is 6.71. The van der Waals surface area contributed by atoms with Crippen LogP contribution in [-0.4, -0.2) is 31.4 Å². The van der Waals surface area contributed by atoms with Gasteiger partial charge in [-0.15, -0.1) is 0 Å². The Morgan fingerprint density at radius 2 is 1.92 bits per heavy atom. The highest BCUT2D eigenvalue weighted by Gasteiger charge is 2.08. The normalized spacial score (nSPS) is 10.5. The number of halogens is 2. The lowest BCUT2D eigenvalue weighted by molar-refractivity contribution is -0.142. The van der Waals surface area contributed by atoms with Crippen LogP contribution in [0.4, 0.5) is 8.78 Å². The molecule has 2 aromatic rings. The van der Waals surface area contributed by atoms with E-state index in [0.717, 1.165) is 23.8 Å². The number of methoxy groups -OCH3 is 1. The Bertz CT molecular complexity index is 733. The van der Waals surface area contributed by atoms with Crippen LogP contribution in [0, 0.1) is 11.6 Å². The number of carbonyl (C=O) groups is 1. The first-order chi connectivity index (χ1) is 12.0. The summed E-state index contributed by atoms with van der Waals surface area (Å²) in [6, 6.07) is 8.23. The van der Waals surface area contributed by atoms with Gasteiger partial charge in [0.2, 0.25) is 0 Å². The highest BCUT2D eigenvalue weighted by Crippen LogP contribution is 2.26. The Morgan fingerprint density at radius 1 is 1.12 bits per heavy atom. The van der Waals surface area contributed by atoms with E-state index in [1.165, 1.54) is 7.11 Å². The maximum Gasteiger partial charge on any atom is 0.329 e. The van der Waals surface area contributed by atoms with Crippen LogP contribution in [0.15, 0.2) is 36.4 Å².